The summed E-state index contributed by atoms with van der Waals surface area (Å²) in [5, 5.41) is 2.87. The Morgan fingerprint density at radius 3 is 2.40 bits per heavy atom. The summed E-state index contributed by atoms with van der Waals surface area (Å²) in [7, 11) is 4.00. The molecule has 1 aromatic carbocycles. The summed E-state index contributed by atoms with van der Waals surface area (Å²) < 4.78 is 5.70. The molecule has 0 saturated carbocycles. The number of ether oxygens (including phenoxy) is 1. The Balaban J connectivity index is 2.54. The van der Waals surface area contributed by atoms with Crippen LogP contribution in [0.4, 0.5) is 5.69 Å². The fraction of sp³-hybridized carbons (Fsp3) is 0.579. The highest BCUT2D eigenvalue weighted by Gasteiger charge is 2.13. The largest absolute Gasteiger partial charge is 0.489 e. The average Bonchev–Trinajstić information content (AvgIpc) is 2.51. The van der Waals surface area contributed by atoms with E-state index in [0.717, 1.165) is 13.0 Å². The van der Waals surface area contributed by atoms with E-state index < -0.39 is 0 Å². The van der Waals surface area contributed by atoms with Crippen LogP contribution in [0.25, 0.3) is 0 Å². The zero-order valence-corrected chi connectivity index (χ0v) is 16.0. The van der Waals surface area contributed by atoms with Gasteiger partial charge in [0.1, 0.15) is 5.75 Å². The van der Waals surface area contributed by atoms with Crippen LogP contribution >= 0.6 is 0 Å². The summed E-state index contributed by atoms with van der Waals surface area (Å²) in [5.41, 5.74) is 0.656. The molecule has 0 bridgehead atoms. The van der Waals surface area contributed by atoms with Crippen LogP contribution in [0.15, 0.2) is 24.3 Å². The molecule has 0 atom stereocenters. The van der Waals surface area contributed by atoms with Crippen molar-refractivity contribution < 1.29 is 14.3 Å². The molecule has 1 N–H and O–H groups in total. The van der Waals surface area contributed by atoms with Crippen molar-refractivity contribution in [3.63, 3.8) is 0 Å². The maximum atomic E-state index is 12.2. The minimum absolute atomic E-state index is 0.00454. The molecule has 140 valence electrons. The lowest BCUT2D eigenvalue weighted by molar-refractivity contribution is -0.129. The molecule has 0 aromatic heterocycles. The molecule has 1 aromatic rings. The van der Waals surface area contributed by atoms with Crippen LogP contribution in [0.3, 0.4) is 0 Å². The lowest BCUT2D eigenvalue weighted by Crippen LogP contribution is -2.34. The average molecular weight is 349 g/mol. The van der Waals surface area contributed by atoms with Crippen LogP contribution in [0.1, 0.15) is 33.6 Å². The van der Waals surface area contributed by atoms with Gasteiger partial charge in [-0.05, 0) is 53.0 Å². The number of benzene rings is 1. The van der Waals surface area contributed by atoms with Crippen LogP contribution in [-0.4, -0.2) is 61.4 Å². The fourth-order valence-electron chi connectivity index (χ4n) is 2.38. The fourth-order valence-corrected chi connectivity index (χ4v) is 2.38. The maximum absolute atomic E-state index is 12.2. The quantitative estimate of drug-likeness (QED) is 0.705. The van der Waals surface area contributed by atoms with E-state index in [2.05, 4.69) is 10.2 Å². The van der Waals surface area contributed by atoms with E-state index in [1.807, 2.05) is 52.2 Å². The monoisotopic (exact) mass is 349 g/mol. The van der Waals surface area contributed by atoms with Crippen LogP contribution in [0.5, 0.6) is 5.75 Å². The Kier molecular flexibility index (Phi) is 8.99. The van der Waals surface area contributed by atoms with Crippen molar-refractivity contribution in [2.75, 3.05) is 39.0 Å². The summed E-state index contributed by atoms with van der Waals surface area (Å²) in [4.78, 5) is 27.8. The van der Waals surface area contributed by atoms with Gasteiger partial charge in [-0.1, -0.05) is 12.1 Å². The summed E-state index contributed by atoms with van der Waals surface area (Å²) in [6.07, 6.45) is 1.18. The van der Waals surface area contributed by atoms with E-state index in [9.17, 15) is 9.59 Å². The van der Waals surface area contributed by atoms with Crippen molar-refractivity contribution in [1.82, 2.24) is 9.80 Å². The van der Waals surface area contributed by atoms with Gasteiger partial charge in [-0.15, -0.1) is 0 Å². The molecule has 0 fully saturated rings. The van der Waals surface area contributed by atoms with E-state index in [-0.39, 0.29) is 24.3 Å². The zero-order valence-electron chi connectivity index (χ0n) is 16.0. The Morgan fingerprint density at radius 1 is 1.12 bits per heavy atom. The summed E-state index contributed by atoms with van der Waals surface area (Å²) in [5.74, 6) is 0.522. The van der Waals surface area contributed by atoms with Crippen molar-refractivity contribution in [3.05, 3.63) is 24.3 Å². The van der Waals surface area contributed by atoms with Gasteiger partial charge in [0.15, 0.2) is 0 Å². The van der Waals surface area contributed by atoms with Crippen molar-refractivity contribution in [1.29, 1.82) is 0 Å². The van der Waals surface area contributed by atoms with Gasteiger partial charge in [-0.3, -0.25) is 9.59 Å². The number of hydrogen-bond donors (Lipinski definition) is 1. The van der Waals surface area contributed by atoms with Gasteiger partial charge < -0.3 is 19.9 Å². The Hall–Kier alpha value is -2.08. The molecule has 25 heavy (non-hydrogen) atoms. The third-order valence-electron chi connectivity index (χ3n) is 3.61. The number of nitrogens with one attached hydrogen (secondary N) is 1. The number of carbonyl (C=O) groups is 2. The number of para-hydroxylation sites is 2. The van der Waals surface area contributed by atoms with Gasteiger partial charge in [-0.25, -0.2) is 0 Å². The highest BCUT2D eigenvalue weighted by atomic mass is 16.5. The summed E-state index contributed by atoms with van der Waals surface area (Å²) >= 11 is 0. The van der Waals surface area contributed by atoms with E-state index in [1.54, 1.807) is 11.8 Å². The first-order chi connectivity index (χ1) is 11.8. The topological polar surface area (TPSA) is 61.9 Å². The van der Waals surface area contributed by atoms with E-state index in [4.69, 9.17) is 4.74 Å². The third kappa shape index (κ3) is 8.54. The Labute approximate surface area is 151 Å². The molecular weight excluding hydrogens is 318 g/mol. The minimum atomic E-state index is -0.126. The first-order valence-electron chi connectivity index (χ1n) is 8.75. The molecule has 6 heteroatoms. The van der Waals surface area contributed by atoms with Crippen molar-refractivity contribution in [2.24, 2.45) is 0 Å². The predicted molar refractivity (Wildman–Crippen MR) is 101 cm³/mol. The highest BCUT2D eigenvalue weighted by molar-refractivity contribution is 5.92. The van der Waals surface area contributed by atoms with Gasteiger partial charge in [0.05, 0.1) is 11.8 Å². The number of nitrogens with zero attached hydrogens (tertiary/aromatic N) is 2. The maximum Gasteiger partial charge on any atom is 0.226 e. The molecule has 0 saturated heterocycles. The lowest BCUT2D eigenvalue weighted by Gasteiger charge is -2.22. The molecule has 6 nitrogen and oxygen atoms in total. The predicted octanol–water partition coefficient (Wildman–Crippen LogP) is 2.60. The van der Waals surface area contributed by atoms with Crippen LogP contribution in [0, 0.1) is 0 Å². The number of amides is 2. The molecule has 0 radical (unpaired) electrons. The smallest absolute Gasteiger partial charge is 0.226 e. The van der Waals surface area contributed by atoms with Gasteiger partial charge in [0.25, 0.3) is 0 Å². The van der Waals surface area contributed by atoms with Crippen LogP contribution < -0.4 is 10.1 Å². The second-order valence-corrected chi connectivity index (χ2v) is 6.62. The van der Waals surface area contributed by atoms with E-state index in [1.165, 1.54) is 0 Å². The first kappa shape index (κ1) is 21.0. The molecule has 0 aliphatic heterocycles. The minimum Gasteiger partial charge on any atom is -0.489 e. The molecule has 0 spiro atoms. The Bertz CT molecular complexity index is 559. The van der Waals surface area contributed by atoms with Crippen LogP contribution in [-0.2, 0) is 9.59 Å². The Morgan fingerprint density at radius 2 is 1.80 bits per heavy atom. The number of anilines is 1. The molecule has 0 heterocycles. The SMILES string of the molecule is CC(=O)N(CCCN(C)C)CCC(=O)Nc1ccccc1OC(C)C. The third-order valence-corrected chi connectivity index (χ3v) is 3.61. The lowest BCUT2D eigenvalue weighted by atomic mass is 10.2. The van der Waals surface area contributed by atoms with Crippen molar-refractivity contribution in [2.45, 2.75) is 39.7 Å². The molecule has 0 unspecified atom stereocenters. The zero-order chi connectivity index (χ0) is 18.8. The molecule has 2 amide bonds. The van der Waals surface area contributed by atoms with E-state index in [0.29, 0.717) is 24.5 Å². The van der Waals surface area contributed by atoms with E-state index >= 15 is 0 Å². The van der Waals surface area contributed by atoms with Gasteiger partial charge >= 0.3 is 0 Å². The molecule has 1 rings (SSSR count). The van der Waals surface area contributed by atoms with Crippen molar-refractivity contribution in [3.8, 4) is 5.75 Å². The first-order valence-corrected chi connectivity index (χ1v) is 8.75. The second-order valence-electron chi connectivity index (χ2n) is 6.62. The summed E-state index contributed by atoms with van der Waals surface area (Å²) in [6.45, 7) is 7.42. The summed E-state index contributed by atoms with van der Waals surface area (Å²) in [6, 6.07) is 7.37. The number of rotatable bonds is 10. The van der Waals surface area contributed by atoms with Gasteiger partial charge in [0, 0.05) is 26.4 Å². The van der Waals surface area contributed by atoms with Crippen molar-refractivity contribution >= 4 is 17.5 Å². The standard InChI is InChI=1S/C19H31N3O3/c1-15(2)25-18-10-7-6-9-17(18)20-19(24)11-14-22(16(3)23)13-8-12-21(4)5/h6-7,9-10,15H,8,11-14H2,1-5H3,(H,20,24). The normalized spacial score (nSPS) is 10.8. The highest BCUT2D eigenvalue weighted by Crippen LogP contribution is 2.24. The number of hydrogen-bond acceptors (Lipinski definition) is 4. The molecular formula is C19H31N3O3. The molecule has 0 aliphatic rings. The second kappa shape index (κ2) is 10.7. The molecule has 0 aliphatic carbocycles. The number of carbonyl (C=O) groups excluding carboxylic acids is 2. The van der Waals surface area contributed by atoms with Gasteiger partial charge in [0.2, 0.25) is 11.8 Å². The van der Waals surface area contributed by atoms with Gasteiger partial charge in [-0.2, -0.15) is 0 Å². The van der Waals surface area contributed by atoms with Crippen LogP contribution in [0.2, 0.25) is 0 Å².